The van der Waals surface area contributed by atoms with Crippen molar-refractivity contribution in [1.29, 1.82) is 0 Å². The summed E-state index contributed by atoms with van der Waals surface area (Å²) in [4.78, 5) is 10.9. The van der Waals surface area contributed by atoms with Gasteiger partial charge in [-0.15, -0.1) is 0 Å². The molecule has 4 nitrogen and oxygen atoms in total. The third kappa shape index (κ3) is 3.28. The molecule has 0 aliphatic carbocycles. The molecule has 1 N–H and O–H groups in total. The van der Waals surface area contributed by atoms with Crippen LogP contribution in [-0.4, -0.2) is 15.0 Å². The highest BCUT2D eigenvalue weighted by atomic mass is 32.1. The minimum absolute atomic E-state index is 0.0969. The van der Waals surface area contributed by atoms with Crippen LogP contribution in [0, 0.1) is 0 Å². The van der Waals surface area contributed by atoms with E-state index in [0.29, 0.717) is 16.1 Å². The Morgan fingerprint density at radius 1 is 1.04 bits per heavy atom. The Morgan fingerprint density at radius 2 is 1.79 bits per heavy atom. The maximum Gasteiger partial charge on any atom is 0.433 e. The summed E-state index contributed by atoms with van der Waals surface area (Å²) in [5.41, 5.74) is -0.749. The summed E-state index contributed by atoms with van der Waals surface area (Å²) >= 11 is 0.758. The molecule has 0 amide bonds. The molecule has 3 aromatic rings. The van der Waals surface area contributed by atoms with Gasteiger partial charge >= 0.3 is 6.18 Å². The van der Waals surface area contributed by atoms with Crippen molar-refractivity contribution in [2.45, 2.75) is 19.0 Å². The van der Waals surface area contributed by atoms with Gasteiger partial charge in [-0.2, -0.15) is 22.0 Å². The number of thiazole rings is 1. The van der Waals surface area contributed by atoms with Crippen LogP contribution in [0.4, 0.5) is 32.6 Å². The van der Waals surface area contributed by atoms with Crippen molar-refractivity contribution >= 4 is 33.1 Å². The molecule has 0 spiro atoms. The highest BCUT2D eigenvalue weighted by Crippen LogP contribution is 2.35. The molecule has 126 valence electrons. The number of halogens is 5. The van der Waals surface area contributed by atoms with E-state index >= 15 is 0 Å². The van der Waals surface area contributed by atoms with Crippen molar-refractivity contribution < 1.29 is 22.0 Å². The van der Waals surface area contributed by atoms with Crippen LogP contribution in [0.5, 0.6) is 0 Å². The molecule has 0 saturated carbocycles. The second kappa shape index (κ2) is 5.62. The van der Waals surface area contributed by atoms with Crippen molar-refractivity contribution in [3.8, 4) is 0 Å². The van der Waals surface area contributed by atoms with E-state index in [1.54, 1.807) is 0 Å². The number of alkyl halides is 5. The van der Waals surface area contributed by atoms with E-state index < -0.39 is 17.8 Å². The Balaban J connectivity index is 1.97. The minimum atomic E-state index is -4.57. The maximum atomic E-state index is 13.2. The van der Waals surface area contributed by atoms with Gasteiger partial charge in [0, 0.05) is 18.5 Å². The molecular formula is C14H9F5N4S. The highest BCUT2D eigenvalue weighted by molar-refractivity contribution is 7.15. The number of nitrogens with one attached hydrogen (secondary N) is 1. The number of fused-ring (bicyclic) bond motifs is 1. The van der Waals surface area contributed by atoms with Crippen LogP contribution in [0.1, 0.15) is 17.6 Å². The predicted octanol–water partition coefficient (Wildman–Crippen LogP) is 4.96. The summed E-state index contributed by atoms with van der Waals surface area (Å²) in [7, 11) is 0. The normalized spacial score (nSPS) is 12.6. The molecule has 0 aliphatic heterocycles. The van der Waals surface area contributed by atoms with Crippen LogP contribution in [0.3, 0.4) is 0 Å². The fraction of sp³-hybridized carbons (Fsp3) is 0.214. The van der Waals surface area contributed by atoms with Crippen molar-refractivity contribution in [3.63, 3.8) is 0 Å². The summed E-state index contributed by atoms with van der Waals surface area (Å²) in [6, 6.07) is 3.59. The average molecular weight is 360 g/mol. The van der Waals surface area contributed by atoms with Gasteiger partial charge in [0.15, 0.2) is 10.7 Å². The zero-order chi connectivity index (χ0) is 17.5. The van der Waals surface area contributed by atoms with Gasteiger partial charge in [-0.3, -0.25) is 0 Å². The predicted molar refractivity (Wildman–Crippen MR) is 79.5 cm³/mol. The average Bonchev–Trinajstić information content (AvgIpc) is 2.95. The van der Waals surface area contributed by atoms with Crippen molar-refractivity contribution in [3.05, 3.63) is 41.3 Å². The summed E-state index contributed by atoms with van der Waals surface area (Å²) in [6.07, 6.45) is -2.05. The molecule has 0 saturated heterocycles. The number of anilines is 2. The van der Waals surface area contributed by atoms with E-state index in [2.05, 4.69) is 20.3 Å². The number of hydrogen-bond acceptors (Lipinski definition) is 5. The Bertz CT molecular complexity index is 885. The number of rotatable bonds is 3. The first-order chi connectivity index (χ1) is 11.1. The monoisotopic (exact) mass is 360 g/mol. The fourth-order valence-corrected chi connectivity index (χ4v) is 2.72. The topological polar surface area (TPSA) is 50.7 Å². The smallest absolute Gasteiger partial charge is 0.345 e. The molecule has 0 unspecified atom stereocenters. The van der Waals surface area contributed by atoms with E-state index in [1.165, 1.54) is 24.5 Å². The standard InChI is InChI=1S/C14H9F5N4S/c1-13(15,16)12-21-6-10(24-12)22-8-4-5-20-11-7(8)2-3-9(23-11)14(17,18)19/h2-6H,1H3,(H,20,22,23). The molecule has 3 aromatic heterocycles. The lowest BCUT2D eigenvalue weighted by Crippen LogP contribution is -2.08. The van der Waals surface area contributed by atoms with Gasteiger partial charge in [-0.25, -0.2) is 15.0 Å². The summed E-state index contributed by atoms with van der Waals surface area (Å²) in [5, 5.41) is 3.17. The largest absolute Gasteiger partial charge is 0.433 e. The molecular weight excluding hydrogens is 351 g/mol. The number of nitrogens with zero attached hydrogens (tertiary/aromatic N) is 3. The fourth-order valence-electron chi connectivity index (χ4n) is 1.96. The Hall–Kier alpha value is -2.36. The summed E-state index contributed by atoms with van der Waals surface area (Å²) in [6.45, 7) is 0.736. The lowest BCUT2D eigenvalue weighted by molar-refractivity contribution is -0.141. The third-order valence-corrected chi connectivity index (χ3v) is 4.12. The second-order valence-corrected chi connectivity index (χ2v) is 6.00. The van der Waals surface area contributed by atoms with E-state index in [1.807, 2.05) is 0 Å². The Morgan fingerprint density at radius 3 is 2.42 bits per heavy atom. The maximum absolute atomic E-state index is 13.2. The molecule has 3 rings (SSSR count). The van der Waals surface area contributed by atoms with Gasteiger partial charge in [0.2, 0.25) is 0 Å². The lowest BCUT2D eigenvalue weighted by atomic mass is 10.2. The van der Waals surface area contributed by atoms with Gasteiger partial charge in [0.05, 0.1) is 11.9 Å². The van der Waals surface area contributed by atoms with E-state index in [0.717, 1.165) is 24.3 Å². The third-order valence-electron chi connectivity index (χ3n) is 3.03. The zero-order valence-corrected chi connectivity index (χ0v) is 12.8. The van der Waals surface area contributed by atoms with Crippen LogP contribution in [0.25, 0.3) is 11.0 Å². The molecule has 3 heterocycles. The number of aromatic nitrogens is 3. The highest BCUT2D eigenvalue weighted by Gasteiger charge is 2.33. The zero-order valence-electron chi connectivity index (χ0n) is 12.0. The van der Waals surface area contributed by atoms with E-state index in [4.69, 9.17) is 0 Å². The van der Waals surface area contributed by atoms with Crippen LogP contribution in [0.15, 0.2) is 30.6 Å². The second-order valence-electron chi connectivity index (χ2n) is 4.97. The van der Waals surface area contributed by atoms with E-state index in [-0.39, 0.29) is 10.7 Å². The number of hydrogen-bond donors (Lipinski definition) is 1. The summed E-state index contributed by atoms with van der Waals surface area (Å²) < 4.78 is 64.5. The van der Waals surface area contributed by atoms with Crippen molar-refractivity contribution in [2.24, 2.45) is 0 Å². The molecule has 0 fully saturated rings. The molecule has 0 aliphatic rings. The van der Waals surface area contributed by atoms with Crippen LogP contribution < -0.4 is 5.32 Å². The Labute approximate surface area is 136 Å². The van der Waals surface area contributed by atoms with Gasteiger partial charge in [-0.05, 0) is 18.2 Å². The molecule has 0 aromatic carbocycles. The van der Waals surface area contributed by atoms with E-state index in [9.17, 15) is 22.0 Å². The first-order valence-electron chi connectivity index (χ1n) is 6.59. The SMILES string of the molecule is CC(F)(F)c1ncc(Nc2ccnc3nc(C(F)(F)F)ccc23)s1. The first kappa shape index (κ1) is 16.5. The van der Waals surface area contributed by atoms with Crippen molar-refractivity contribution in [1.82, 2.24) is 15.0 Å². The van der Waals surface area contributed by atoms with Gasteiger partial charge < -0.3 is 5.32 Å². The van der Waals surface area contributed by atoms with Gasteiger partial charge in [0.1, 0.15) is 10.7 Å². The quantitative estimate of drug-likeness (QED) is 0.671. The van der Waals surface area contributed by atoms with Crippen LogP contribution in [-0.2, 0) is 12.1 Å². The number of pyridine rings is 2. The van der Waals surface area contributed by atoms with Crippen molar-refractivity contribution in [2.75, 3.05) is 5.32 Å². The molecule has 10 heteroatoms. The minimum Gasteiger partial charge on any atom is -0.345 e. The Kier molecular flexibility index (Phi) is 3.86. The summed E-state index contributed by atoms with van der Waals surface area (Å²) in [5.74, 6) is -3.06. The van der Waals surface area contributed by atoms with Gasteiger partial charge in [-0.1, -0.05) is 11.3 Å². The lowest BCUT2D eigenvalue weighted by Gasteiger charge is -2.09. The first-order valence-corrected chi connectivity index (χ1v) is 7.40. The molecule has 0 bridgehead atoms. The van der Waals surface area contributed by atoms with Crippen LogP contribution >= 0.6 is 11.3 Å². The van der Waals surface area contributed by atoms with Crippen LogP contribution in [0.2, 0.25) is 0 Å². The molecule has 0 atom stereocenters. The molecule has 0 radical (unpaired) electrons. The van der Waals surface area contributed by atoms with Gasteiger partial charge in [0.25, 0.3) is 5.92 Å². The molecule has 24 heavy (non-hydrogen) atoms.